The summed E-state index contributed by atoms with van der Waals surface area (Å²) in [5.41, 5.74) is 2.93. The fourth-order valence-electron chi connectivity index (χ4n) is 2.37. The predicted molar refractivity (Wildman–Crippen MR) is 98.1 cm³/mol. The van der Waals surface area contributed by atoms with Crippen LogP contribution in [0.15, 0.2) is 46.4 Å². The molecule has 2 aromatic carbocycles. The van der Waals surface area contributed by atoms with Gasteiger partial charge in [-0.15, -0.1) is 0 Å². The Labute approximate surface area is 152 Å². The summed E-state index contributed by atoms with van der Waals surface area (Å²) < 4.78 is 11.4. The van der Waals surface area contributed by atoms with Gasteiger partial charge in [-0.05, 0) is 74.2 Å². The average molecular weight is 352 g/mol. The van der Waals surface area contributed by atoms with Crippen molar-refractivity contribution in [2.45, 2.75) is 26.7 Å². The van der Waals surface area contributed by atoms with E-state index in [4.69, 9.17) is 9.47 Å². The van der Waals surface area contributed by atoms with Crippen molar-refractivity contribution in [3.05, 3.63) is 47.5 Å². The normalized spacial score (nSPS) is 9.77. The molecule has 0 aliphatic carbocycles. The zero-order chi connectivity index (χ0) is 18.8. The van der Waals surface area contributed by atoms with E-state index in [0.717, 1.165) is 35.5 Å². The van der Waals surface area contributed by atoms with Gasteiger partial charge in [-0.3, -0.25) is 0 Å². The van der Waals surface area contributed by atoms with E-state index < -0.39 is 0 Å². The van der Waals surface area contributed by atoms with E-state index in [0.29, 0.717) is 24.6 Å². The maximum atomic E-state index is 10.3. The number of isocyanates is 2. The first-order valence-corrected chi connectivity index (χ1v) is 8.26. The van der Waals surface area contributed by atoms with Crippen LogP contribution in [-0.4, -0.2) is 25.4 Å². The number of hydrogen-bond acceptors (Lipinski definition) is 6. The Morgan fingerprint density at radius 2 is 1.19 bits per heavy atom. The monoisotopic (exact) mass is 352 g/mol. The van der Waals surface area contributed by atoms with Crippen molar-refractivity contribution in [1.82, 2.24) is 0 Å². The predicted octanol–water partition coefficient (Wildman–Crippen LogP) is 4.48. The van der Waals surface area contributed by atoms with Crippen molar-refractivity contribution >= 4 is 23.5 Å². The van der Waals surface area contributed by atoms with E-state index in [-0.39, 0.29) is 0 Å². The van der Waals surface area contributed by atoms with Crippen LogP contribution >= 0.6 is 0 Å². The smallest absolute Gasteiger partial charge is 0.240 e. The van der Waals surface area contributed by atoms with Crippen molar-refractivity contribution in [2.75, 3.05) is 13.2 Å². The number of hydrogen-bond donors (Lipinski definition) is 0. The van der Waals surface area contributed by atoms with Crippen LogP contribution in [0.2, 0.25) is 0 Å². The third-order valence-electron chi connectivity index (χ3n) is 3.74. The second-order valence-corrected chi connectivity index (χ2v) is 5.71. The lowest BCUT2D eigenvalue weighted by molar-refractivity contribution is 0.266. The summed E-state index contributed by atoms with van der Waals surface area (Å²) in [5, 5.41) is 0. The summed E-state index contributed by atoms with van der Waals surface area (Å²) in [4.78, 5) is 27.8. The van der Waals surface area contributed by atoms with Gasteiger partial charge in [0, 0.05) is 0 Å². The van der Waals surface area contributed by atoms with Crippen LogP contribution in [0.5, 0.6) is 11.5 Å². The van der Waals surface area contributed by atoms with Gasteiger partial charge in [0.15, 0.2) is 0 Å². The fourth-order valence-corrected chi connectivity index (χ4v) is 2.37. The third kappa shape index (κ3) is 5.71. The maximum Gasteiger partial charge on any atom is 0.240 e. The highest BCUT2D eigenvalue weighted by atomic mass is 16.5. The Balaban J connectivity index is 1.71. The zero-order valence-electron chi connectivity index (χ0n) is 14.8. The Kier molecular flexibility index (Phi) is 7.31. The second kappa shape index (κ2) is 9.94. The first-order valence-electron chi connectivity index (χ1n) is 8.26. The van der Waals surface area contributed by atoms with Crippen LogP contribution in [0.1, 0.15) is 24.0 Å². The minimum atomic E-state index is 0.575. The minimum absolute atomic E-state index is 0.575. The molecule has 0 spiro atoms. The van der Waals surface area contributed by atoms with Crippen LogP contribution < -0.4 is 9.47 Å². The molecule has 134 valence electrons. The first-order chi connectivity index (χ1) is 12.6. The molecule has 0 aliphatic rings. The van der Waals surface area contributed by atoms with Crippen LogP contribution in [-0.2, 0) is 9.59 Å². The molecule has 6 heteroatoms. The number of aliphatic imine (C=N–C) groups is 2. The number of benzene rings is 2. The Hall–Kier alpha value is -3.20. The van der Waals surface area contributed by atoms with Crippen LogP contribution in [0, 0.1) is 13.8 Å². The number of nitrogens with zero attached hydrogens (tertiary/aromatic N) is 2. The highest BCUT2D eigenvalue weighted by molar-refractivity contribution is 5.56. The largest absolute Gasteiger partial charge is 0.494 e. The molecule has 0 radical (unpaired) electrons. The lowest BCUT2D eigenvalue weighted by Gasteiger charge is -2.09. The topological polar surface area (TPSA) is 77.3 Å². The van der Waals surface area contributed by atoms with Gasteiger partial charge >= 0.3 is 0 Å². The number of rotatable bonds is 9. The summed E-state index contributed by atoms with van der Waals surface area (Å²) in [6.07, 6.45) is 4.76. The Morgan fingerprint density at radius 3 is 1.54 bits per heavy atom. The lowest BCUT2D eigenvalue weighted by Crippen LogP contribution is -2.02. The van der Waals surface area contributed by atoms with Gasteiger partial charge in [0.05, 0.1) is 24.6 Å². The van der Waals surface area contributed by atoms with Gasteiger partial charge in [-0.2, -0.15) is 9.98 Å². The molecule has 0 heterocycles. The van der Waals surface area contributed by atoms with Crippen LogP contribution in [0.25, 0.3) is 0 Å². The van der Waals surface area contributed by atoms with Gasteiger partial charge in [0.2, 0.25) is 12.2 Å². The van der Waals surface area contributed by atoms with Gasteiger partial charge in [-0.1, -0.05) is 0 Å². The first kappa shape index (κ1) is 19.1. The summed E-state index contributed by atoms with van der Waals surface area (Å²) >= 11 is 0. The van der Waals surface area contributed by atoms with Crippen LogP contribution in [0.3, 0.4) is 0 Å². The van der Waals surface area contributed by atoms with Gasteiger partial charge in [-0.25, -0.2) is 9.59 Å². The Bertz CT molecular complexity index is 779. The van der Waals surface area contributed by atoms with Gasteiger partial charge < -0.3 is 9.47 Å². The molecule has 0 unspecified atom stereocenters. The SMILES string of the molecule is Cc1cc(OCCCCOc2ccc(N=C=O)c(C)c2)ccc1N=C=O. The minimum Gasteiger partial charge on any atom is -0.494 e. The summed E-state index contributed by atoms with van der Waals surface area (Å²) in [5.74, 6) is 1.49. The molecule has 2 rings (SSSR count). The maximum absolute atomic E-state index is 10.3. The average Bonchev–Trinajstić information content (AvgIpc) is 2.62. The molecule has 0 fully saturated rings. The molecule has 0 aromatic heterocycles. The molecule has 0 aliphatic heterocycles. The van der Waals surface area contributed by atoms with Gasteiger partial charge in [0.1, 0.15) is 11.5 Å². The molecule has 0 saturated heterocycles. The van der Waals surface area contributed by atoms with Crippen molar-refractivity contribution in [2.24, 2.45) is 9.98 Å². The van der Waals surface area contributed by atoms with Crippen molar-refractivity contribution in [3.8, 4) is 11.5 Å². The molecule has 26 heavy (non-hydrogen) atoms. The zero-order valence-corrected chi connectivity index (χ0v) is 14.8. The molecule has 0 bridgehead atoms. The van der Waals surface area contributed by atoms with E-state index in [1.54, 1.807) is 24.3 Å². The van der Waals surface area contributed by atoms with Crippen molar-refractivity contribution in [3.63, 3.8) is 0 Å². The summed E-state index contributed by atoms with van der Waals surface area (Å²) in [6.45, 7) is 4.88. The molecule has 6 nitrogen and oxygen atoms in total. The fraction of sp³-hybridized carbons (Fsp3) is 0.300. The number of ether oxygens (including phenoxy) is 2. The molecule has 0 N–H and O–H groups in total. The molecule has 0 atom stereocenters. The number of carbonyl (C=O) groups excluding carboxylic acids is 2. The molecular weight excluding hydrogens is 332 g/mol. The Morgan fingerprint density at radius 1 is 0.769 bits per heavy atom. The van der Waals surface area contributed by atoms with Gasteiger partial charge in [0.25, 0.3) is 0 Å². The molecule has 0 saturated carbocycles. The third-order valence-corrected chi connectivity index (χ3v) is 3.74. The number of unbranched alkanes of at least 4 members (excludes halogenated alkanes) is 1. The number of aryl methyl sites for hydroxylation is 2. The standard InChI is InChI=1S/C20H20N2O4/c1-15-11-17(5-7-19(15)21-13-23)25-9-3-4-10-26-18-6-8-20(22-14-24)16(2)12-18/h5-8,11-12H,3-4,9-10H2,1-2H3. The summed E-state index contributed by atoms with van der Waals surface area (Å²) in [7, 11) is 0. The van der Waals surface area contributed by atoms with E-state index in [1.165, 1.54) is 12.2 Å². The molecule has 2 aromatic rings. The van der Waals surface area contributed by atoms with E-state index in [1.807, 2.05) is 26.0 Å². The van der Waals surface area contributed by atoms with Crippen LogP contribution in [0.4, 0.5) is 11.4 Å². The van der Waals surface area contributed by atoms with Crippen molar-refractivity contribution < 1.29 is 19.1 Å². The summed E-state index contributed by atoms with van der Waals surface area (Å²) in [6, 6.07) is 10.7. The molecule has 0 amide bonds. The van der Waals surface area contributed by atoms with E-state index >= 15 is 0 Å². The van der Waals surface area contributed by atoms with E-state index in [9.17, 15) is 9.59 Å². The second-order valence-electron chi connectivity index (χ2n) is 5.71. The molecular formula is C20H20N2O4. The quantitative estimate of drug-likeness (QED) is 0.379. The van der Waals surface area contributed by atoms with Crippen molar-refractivity contribution in [1.29, 1.82) is 0 Å². The van der Waals surface area contributed by atoms with E-state index in [2.05, 4.69) is 9.98 Å². The lowest BCUT2D eigenvalue weighted by atomic mass is 10.2. The highest BCUT2D eigenvalue weighted by Crippen LogP contribution is 2.24. The highest BCUT2D eigenvalue weighted by Gasteiger charge is 2.02.